The van der Waals surface area contributed by atoms with Gasteiger partial charge in [0.05, 0.1) is 30.3 Å². The highest BCUT2D eigenvalue weighted by Crippen LogP contribution is 2.17. The van der Waals surface area contributed by atoms with Gasteiger partial charge in [-0.1, -0.05) is 23.7 Å². The number of aromatic nitrogens is 1. The predicted octanol–water partition coefficient (Wildman–Crippen LogP) is 3.37. The zero-order chi connectivity index (χ0) is 21.1. The Bertz CT molecular complexity index is 1140. The van der Waals surface area contributed by atoms with Gasteiger partial charge in [0.25, 0.3) is 11.8 Å². The third kappa shape index (κ3) is 4.56. The van der Waals surface area contributed by atoms with Crippen LogP contribution in [-0.2, 0) is 11.3 Å². The lowest BCUT2D eigenvalue weighted by Gasteiger charge is -2.25. The van der Waals surface area contributed by atoms with Gasteiger partial charge < -0.3 is 18.6 Å². The van der Waals surface area contributed by atoms with E-state index in [9.17, 15) is 9.59 Å². The highest BCUT2D eigenvalue weighted by Gasteiger charge is 2.21. The summed E-state index contributed by atoms with van der Waals surface area (Å²) in [6.07, 6.45) is 1.90. The predicted molar refractivity (Wildman–Crippen MR) is 113 cm³/mol. The van der Waals surface area contributed by atoms with Crippen molar-refractivity contribution < 1.29 is 18.7 Å². The smallest absolute Gasteiger partial charge is 0.289 e. The minimum atomic E-state index is -0.404. The van der Waals surface area contributed by atoms with Gasteiger partial charge in [-0.25, -0.2) is 0 Å². The number of ether oxygens (including phenoxy) is 1. The van der Waals surface area contributed by atoms with Crippen LogP contribution in [0.1, 0.15) is 31.6 Å². The monoisotopic (exact) mass is 445 g/mol. The summed E-state index contributed by atoms with van der Waals surface area (Å²) in [5.41, 5.74) is 0.355. The Morgan fingerprint density at radius 3 is 2.70 bits per heavy atom. The maximum atomic E-state index is 12.6. The fourth-order valence-electron chi connectivity index (χ4n) is 3.15. The van der Waals surface area contributed by atoms with Crippen LogP contribution in [0.2, 0.25) is 5.02 Å². The second-order valence-corrected chi connectivity index (χ2v) is 8.44. The fraction of sp³-hybridized carbons (Fsp3) is 0.286. The zero-order valence-electron chi connectivity index (χ0n) is 16.3. The first-order valence-corrected chi connectivity index (χ1v) is 10.7. The van der Waals surface area contributed by atoms with E-state index in [1.165, 1.54) is 11.3 Å². The first kappa shape index (κ1) is 20.6. The van der Waals surface area contributed by atoms with E-state index in [0.29, 0.717) is 59.8 Å². The molecule has 30 heavy (non-hydrogen) atoms. The molecule has 2 aromatic heterocycles. The van der Waals surface area contributed by atoms with Gasteiger partial charge in [0, 0.05) is 24.2 Å². The van der Waals surface area contributed by atoms with Crippen LogP contribution < -0.4 is 4.80 Å². The molecular weight excluding hydrogens is 426 g/mol. The molecule has 0 spiro atoms. The van der Waals surface area contributed by atoms with Crippen molar-refractivity contribution in [3.63, 3.8) is 0 Å². The Morgan fingerprint density at radius 1 is 1.17 bits per heavy atom. The molecular formula is C21H20ClN3O4S. The van der Waals surface area contributed by atoms with Crippen molar-refractivity contribution in [3.8, 4) is 0 Å². The van der Waals surface area contributed by atoms with Gasteiger partial charge in [-0.15, -0.1) is 11.3 Å². The third-order valence-electron chi connectivity index (χ3n) is 4.63. The van der Waals surface area contributed by atoms with Crippen LogP contribution in [0.15, 0.2) is 52.0 Å². The number of hydrogen-bond acceptors (Lipinski definition) is 5. The van der Waals surface area contributed by atoms with Gasteiger partial charge >= 0.3 is 0 Å². The number of aryl methyl sites for hydroxylation is 1. The molecule has 0 aliphatic carbocycles. The number of nitrogens with zero attached hydrogens (tertiary/aromatic N) is 3. The molecule has 156 valence electrons. The summed E-state index contributed by atoms with van der Waals surface area (Å²) in [6.45, 7) is 4.48. The maximum Gasteiger partial charge on any atom is 0.289 e. The Kier molecular flexibility index (Phi) is 6.17. The number of carbonyl (C=O) groups excluding carboxylic acids is 2. The number of hydrogen-bond donors (Lipinski definition) is 0. The van der Waals surface area contributed by atoms with Crippen molar-refractivity contribution in [1.29, 1.82) is 0 Å². The van der Waals surface area contributed by atoms with Crippen LogP contribution in [-0.4, -0.2) is 47.6 Å². The second kappa shape index (κ2) is 8.99. The van der Waals surface area contributed by atoms with Crippen LogP contribution in [0.25, 0.3) is 0 Å². The van der Waals surface area contributed by atoms with Gasteiger partial charge in [-0.3, -0.25) is 9.59 Å². The number of rotatable bonds is 4. The first-order valence-electron chi connectivity index (χ1n) is 9.47. The second-order valence-electron chi connectivity index (χ2n) is 6.82. The van der Waals surface area contributed by atoms with Gasteiger partial charge in [-0.2, -0.15) is 4.99 Å². The Hall–Kier alpha value is -2.68. The van der Waals surface area contributed by atoms with Gasteiger partial charge in [0.15, 0.2) is 10.6 Å². The summed E-state index contributed by atoms with van der Waals surface area (Å²) in [7, 11) is 0. The summed E-state index contributed by atoms with van der Waals surface area (Å²) < 4.78 is 12.9. The van der Waals surface area contributed by atoms with Crippen molar-refractivity contribution in [3.05, 3.63) is 74.4 Å². The lowest BCUT2D eigenvalue weighted by atomic mass is 10.2. The molecule has 1 aliphatic heterocycles. The summed E-state index contributed by atoms with van der Waals surface area (Å²) in [5, 5.41) is 0.364. The summed E-state index contributed by atoms with van der Waals surface area (Å²) in [5.74, 6) is 0.356. The molecule has 0 atom stereocenters. The van der Waals surface area contributed by atoms with E-state index in [1.807, 2.05) is 17.7 Å². The van der Waals surface area contributed by atoms with Crippen molar-refractivity contribution in [2.24, 2.45) is 4.99 Å². The standard InChI is InChI=1S/C21H20ClN3O4S/c1-14-12-25(21(30-14)23-19(26)16-4-2-3-5-17(16)22)13-15-6-7-18(29-15)20(27)24-8-10-28-11-9-24/h2-7,12H,8-11,13H2,1H3. The van der Waals surface area contributed by atoms with Crippen molar-refractivity contribution in [1.82, 2.24) is 9.47 Å². The van der Waals surface area contributed by atoms with Crippen LogP contribution >= 0.6 is 22.9 Å². The highest BCUT2D eigenvalue weighted by atomic mass is 35.5. The van der Waals surface area contributed by atoms with E-state index in [-0.39, 0.29) is 5.91 Å². The number of thiazole rings is 1. The number of morpholine rings is 1. The molecule has 9 heteroatoms. The molecule has 1 aliphatic rings. The Labute approximate surface area is 182 Å². The lowest BCUT2D eigenvalue weighted by Crippen LogP contribution is -2.40. The summed E-state index contributed by atoms with van der Waals surface area (Å²) in [6, 6.07) is 10.3. The van der Waals surface area contributed by atoms with E-state index in [1.54, 1.807) is 41.3 Å². The van der Waals surface area contributed by atoms with Crippen molar-refractivity contribution >= 4 is 34.8 Å². The van der Waals surface area contributed by atoms with Gasteiger partial charge in [0.2, 0.25) is 0 Å². The molecule has 0 N–H and O–H groups in total. The number of carbonyl (C=O) groups is 2. The van der Waals surface area contributed by atoms with Crippen molar-refractivity contribution in [2.75, 3.05) is 26.3 Å². The topological polar surface area (TPSA) is 77.0 Å². The average molecular weight is 446 g/mol. The quantitative estimate of drug-likeness (QED) is 0.617. The molecule has 3 heterocycles. The Morgan fingerprint density at radius 2 is 1.93 bits per heavy atom. The van der Waals surface area contributed by atoms with E-state index in [0.717, 1.165) is 4.88 Å². The van der Waals surface area contributed by atoms with E-state index in [2.05, 4.69) is 4.99 Å². The zero-order valence-corrected chi connectivity index (χ0v) is 17.9. The molecule has 1 aromatic carbocycles. The van der Waals surface area contributed by atoms with Crippen LogP contribution in [0.4, 0.5) is 0 Å². The molecule has 7 nitrogen and oxygen atoms in total. The van der Waals surface area contributed by atoms with Crippen LogP contribution in [0, 0.1) is 6.92 Å². The molecule has 1 saturated heterocycles. The van der Waals surface area contributed by atoms with Gasteiger partial charge in [0.1, 0.15) is 5.76 Å². The fourth-order valence-corrected chi connectivity index (χ4v) is 4.20. The summed E-state index contributed by atoms with van der Waals surface area (Å²) in [4.78, 5) is 32.6. The van der Waals surface area contributed by atoms with Crippen molar-refractivity contribution in [2.45, 2.75) is 13.5 Å². The average Bonchev–Trinajstić information content (AvgIpc) is 3.35. The molecule has 0 bridgehead atoms. The van der Waals surface area contributed by atoms with E-state index < -0.39 is 5.91 Å². The van der Waals surface area contributed by atoms with Gasteiger partial charge in [-0.05, 0) is 31.2 Å². The third-order valence-corrected chi connectivity index (χ3v) is 5.90. The molecule has 0 saturated carbocycles. The first-order chi connectivity index (χ1) is 14.5. The minimum absolute atomic E-state index is 0.144. The number of benzene rings is 1. The number of furan rings is 1. The van der Waals surface area contributed by atoms with E-state index >= 15 is 0 Å². The normalized spacial score (nSPS) is 14.9. The molecule has 4 rings (SSSR count). The van der Waals surface area contributed by atoms with E-state index in [4.69, 9.17) is 20.8 Å². The molecule has 1 fully saturated rings. The minimum Gasteiger partial charge on any atom is -0.454 e. The highest BCUT2D eigenvalue weighted by molar-refractivity contribution is 7.09. The molecule has 0 radical (unpaired) electrons. The molecule has 0 unspecified atom stereocenters. The summed E-state index contributed by atoms with van der Waals surface area (Å²) >= 11 is 7.51. The number of amides is 2. The maximum absolute atomic E-state index is 12.6. The molecule has 2 amide bonds. The SMILES string of the molecule is Cc1cn(Cc2ccc(C(=O)N3CCOCC3)o2)c(=NC(=O)c2ccccc2Cl)s1. The Balaban J connectivity index is 1.55. The molecule has 3 aromatic rings. The van der Waals surface area contributed by atoms with Crippen LogP contribution in [0.5, 0.6) is 0 Å². The van der Waals surface area contributed by atoms with Crippen LogP contribution in [0.3, 0.4) is 0 Å². The lowest BCUT2D eigenvalue weighted by molar-refractivity contribution is 0.0281. The largest absolute Gasteiger partial charge is 0.454 e. The number of halogens is 1.